The maximum atomic E-state index is 13.6. The molecule has 0 radical (unpaired) electrons. The van der Waals surface area contributed by atoms with Crippen LogP contribution in [0.2, 0.25) is 0 Å². The summed E-state index contributed by atoms with van der Waals surface area (Å²) in [5.74, 6) is -2.25. The molecule has 11 nitrogen and oxygen atoms in total. The monoisotopic (exact) mass is 574 g/mol. The number of nitrogens with one attached hydrogen (secondary N) is 2. The van der Waals surface area contributed by atoms with Gasteiger partial charge in [-0.25, -0.2) is 4.98 Å². The Balaban J connectivity index is 1.60. The predicted molar refractivity (Wildman–Crippen MR) is 149 cm³/mol. The topological polar surface area (TPSA) is 158 Å². The van der Waals surface area contributed by atoms with Crippen molar-refractivity contribution in [2.75, 3.05) is 19.8 Å². The van der Waals surface area contributed by atoms with Gasteiger partial charge in [0.25, 0.3) is 0 Å². The number of carboxylic acids is 1. The Bertz CT molecular complexity index is 1190. The zero-order valence-corrected chi connectivity index (χ0v) is 24.1. The van der Waals surface area contributed by atoms with Crippen molar-refractivity contribution in [3.8, 4) is 10.4 Å². The molecule has 0 saturated carbocycles. The van der Waals surface area contributed by atoms with Gasteiger partial charge in [0.15, 0.2) is 0 Å². The molecule has 1 aliphatic rings. The summed E-state index contributed by atoms with van der Waals surface area (Å²) in [6, 6.07) is 6.00. The lowest BCUT2D eigenvalue weighted by Gasteiger charge is -2.35. The third-order valence-electron chi connectivity index (χ3n) is 6.65. The van der Waals surface area contributed by atoms with Crippen LogP contribution in [0.4, 0.5) is 0 Å². The SMILES string of the molecule is Cc1ncsc1-c1ccc(CNC(=O)C2CC(O)CN2C(=O)C(NC(=O)CCOCCC(=O)O)C(C)(C)C)cc1. The maximum Gasteiger partial charge on any atom is 0.305 e. The molecule has 1 saturated heterocycles. The van der Waals surface area contributed by atoms with Crippen LogP contribution in [0, 0.1) is 12.3 Å². The maximum absolute atomic E-state index is 13.6. The van der Waals surface area contributed by atoms with Gasteiger partial charge < -0.3 is 30.5 Å². The number of hydrogen-bond donors (Lipinski definition) is 4. The first-order valence-electron chi connectivity index (χ1n) is 13.2. The van der Waals surface area contributed by atoms with Crippen molar-refractivity contribution < 1.29 is 34.1 Å². The van der Waals surface area contributed by atoms with Crippen LogP contribution in [0.3, 0.4) is 0 Å². The van der Waals surface area contributed by atoms with E-state index in [4.69, 9.17) is 9.84 Å². The molecule has 3 unspecified atom stereocenters. The summed E-state index contributed by atoms with van der Waals surface area (Å²) in [5, 5.41) is 24.6. The summed E-state index contributed by atoms with van der Waals surface area (Å²) in [6.45, 7) is 7.62. The van der Waals surface area contributed by atoms with Crippen molar-refractivity contribution in [2.45, 2.75) is 71.7 Å². The number of nitrogens with zero attached hydrogens (tertiary/aromatic N) is 2. The van der Waals surface area contributed by atoms with Crippen LogP contribution in [0.5, 0.6) is 0 Å². The molecular formula is C28H38N4O7S. The third-order valence-corrected chi connectivity index (χ3v) is 7.62. The number of benzene rings is 1. The average molecular weight is 575 g/mol. The van der Waals surface area contributed by atoms with Gasteiger partial charge in [-0.1, -0.05) is 45.0 Å². The van der Waals surface area contributed by atoms with Crippen molar-refractivity contribution in [2.24, 2.45) is 5.41 Å². The standard InChI is InChI=1S/C28H38N4O7S/c1-17-24(40-16-30-17)19-7-5-18(6-8-19)14-29-26(37)21-13-20(33)15-32(21)27(38)25(28(2,3)4)31-22(34)9-11-39-12-10-23(35)36/h5-8,16,20-21,25,33H,9-15H2,1-4H3,(H,29,37)(H,31,34)(H,35,36). The number of carboxylic acid groups (broad SMARTS) is 1. The molecule has 3 rings (SSSR count). The van der Waals surface area contributed by atoms with Crippen LogP contribution in [0.25, 0.3) is 10.4 Å². The van der Waals surface area contributed by atoms with Crippen LogP contribution < -0.4 is 10.6 Å². The van der Waals surface area contributed by atoms with Crippen molar-refractivity contribution in [1.82, 2.24) is 20.5 Å². The highest BCUT2D eigenvalue weighted by Gasteiger charge is 2.44. The number of carbonyl (C=O) groups excluding carboxylic acids is 3. The Hall–Kier alpha value is -3.35. The van der Waals surface area contributed by atoms with E-state index in [1.807, 2.05) is 31.2 Å². The van der Waals surface area contributed by atoms with E-state index in [0.29, 0.717) is 0 Å². The fraction of sp³-hybridized carbons (Fsp3) is 0.536. The highest BCUT2D eigenvalue weighted by Crippen LogP contribution is 2.28. The minimum atomic E-state index is -0.992. The van der Waals surface area contributed by atoms with Gasteiger partial charge in [0.05, 0.1) is 41.8 Å². The van der Waals surface area contributed by atoms with Crippen LogP contribution in [0.1, 0.15) is 51.3 Å². The number of aryl methyl sites for hydroxylation is 1. The van der Waals surface area contributed by atoms with Gasteiger partial charge in [-0.3, -0.25) is 19.2 Å². The lowest BCUT2D eigenvalue weighted by molar-refractivity contribution is -0.144. The number of ether oxygens (including phenoxy) is 1. The summed E-state index contributed by atoms with van der Waals surface area (Å²) in [5.41, 5.74) is 4.03. The second-order valence-electron chi connectivity index (χ2n) is 11.0. The van der Waals surface area contributed by atoms with E-state index >= 15 is 0 Å². The first kappa shape index (κ1) is 31.2. The first-order valence-corrected chi connectivity index (χ1v) is 14.1. The van der Waals surface area contributed by atoms with Gasteiger partial charge in [-0.05, 0) is 23.5 Å². The molecule has 2 heterocycles. The molecule has 2 aromatic rings. The molecule has 40 heavy (non-hydrogen) atoms. The summed E-state index contributed by atoms with van der Waals surface area (Å²) >= 11 is 1.57. The fourth-order valence-corrected chi connectivity index (χ4v) is 5.25. The van der Waals surface area contributed by atoms with Crippen molar-refractivity contribution in [1.29, 1.82) is 0 Å². The minimum absolute atomic E-state index is 0.0113. The third kappa shape index (κ3) is 8.57. The zero-order valence-electron chi connectivity index (χ0n) is 23.3. The Kier molecular flexibility index (Phi) is 10.8. The highest BCUT2D eigenvalue weighted by atomic mass is 32.1. The second-order valence-corrected chi connectivity index (χ2v) is 11.8. The van der Waals surface area contributed by atoms with Gasteiger partial charge in [0, 0.05) is 25.9 Å². The quantitative estimate of drug-likeness (QED) is 0.281. The molecule has 1 aromatic heterocycles. The van der Waals surface area contributed by atoms with Crippen molar-refractivity contribution in [3.63, 3.8) is 0 Å². The highest BCUT2D eigenvalue weighted by molar-refractivity contribution is 7.13. The van der Waals surface area contributed by atoms with Gasteiger partial charge in [-0.2, -0.15) is 0 Å². The molecule has 0 bridgehead atoms. The van der Waals surface area contributed by atoms with E-state index in [9.17, 15) is 24.3 Å². The number of aliphatic carboxylic acids is 1. The van der Waals surface area contributed by atoms with Gasteiger partial charge in [-0.15, -0.1) is 11.3 Å². The molecule has 1 fully saturated rings. The summed E-state index contributed by atoms with van der Waals surface area (Å²) in [6.07, 6.45) is -0.972. The van der Waals surface area contributed by atoms with Crippen LogP contribution in [-0.2, 0) is 30.5 Å². The summed E-state index contributed by atoms with van der Waals surface area (Å²) in [4.78, 5) is 56.6. The number of aliphatic hydroxyl groups excluding tert-OH is 1. The molecule has 3 atom stereocenters. The Labute approximate surface area is 237 Å². The van der Waals surface area contributed by atoms with Crippen LogP contribution in [0.15, 0.2) is 29.8 Å². The second kappa shape index (κ2) is 13.8. The summed E-state index contributed by atoms with van der Waals surface area (Å²) < 4.78 is 5.17. The van der Waals surface area contributed by atoms with Crippen LogP contribution in [-0.4, -0.2) is 81.7 Å². The lowest BCUT2D eigenvalue weighted by Crippen LogP contribution is -2.57. The van der Waals surface area contributed by atoms with Gasteiger partial charge >= 0.3 is 5.97 Å². The minimum Gasteiger partial charge on any atom is -0.481 e. The summed E-state index contributed by atoms with van der Waals surface area (Å²) in [7, 11) is 0. The van der Waals surface area contributed by atoms with Gasteiger partial charge in [0.1, 0.15) is 12.1 Å². The number of hydrogen-bond acceptors (Lipinski definition) is 8. The molecule has 0 spiro atoms. The van der Waals surface area contributed by atoms with Crippen molar-refractivity contribution in [3.05, 3.63) is 41.0 Å². The molecule has 1 aromatic carbocycles. The number of thiazole rings is 1. The molecule has 4 N–H and O–H groups in total. The number of amides is 3. The largest absolute Gasteiger partial charge is 0.481 e. The first-order chi connectivity index (χ1) is 18.9. The van der Waals surface area contributed by atoms with Crippen LogP contribution >= 0.6 is 11.3 Å². The molecule has 3 amide bonds. The normalized spacial score (nSPS) is 17.9. The average Bonchev–Trinajstić information content (AvgIpc) is 3.50. The number of aliphatic hydroxyl groups is 1. The smallest absolute Gasteiger partial charge is 0.305 e. The van der Waals surface area contributed by atoms with Gasteiger partial charge in [0.2, 0.25) is 17.7 Å². The van der Waals surface area contributed by atoms with E-state index in [1.165, 1.54) is 4.90 Å². The van der Waals surface area contributed by atoms with E-state index in [-0.39, 0.29) is 51.5 Å². The molecule has 218 valence electrons. The Morgan fingerprint density at radius 3 is 2.42 bits per heavy atom. The number of aromatic nitrogens is 1. The van der Waals surface area contributed by atoms with Crippen molar-refractivity contribution >= 4 is 35.0 Å². The molecule has 12 heteroatoms. The number of carbonyl (C=O) groups is 4. The zero-order chi connectivity index (χ0) is 29.4. The van der Waals surface area contributed by atoms with E-state index in [2.05, 4.69) is 15.6 Å². The Morgan fingerprint density at radius 1 is 1.15 bits per heavy atom. The van der Waals surface area contributed by atoms with E-state index in [0.717, 1.165) is 21.7 Å². The van der Waals surface area contributed by atoms with E-state index in [1.54, 1.807) is 37.6 Å². The number of rotatable bonds is 12. The Morgan fingerprint density at radius 2 is 1.82 bits per heavy atom. The van der Waals surface area contributed by atoms with E-state index < -0.39 is 41.4 Å². The number of β-amino-alcohol motifs (C(OH)–C–C–N with tert-alkyl or cyclic N) is 1. The molecule has 1 aliphatic heterocycles. The fourth-order valence-electron chi connectivity index (χ4n) is 4.44. The predicted octanol–water partition coefficient (Wildman–Crippen LogP) is 2.11. The number of likely N-dealkylation sites (tertiary alicyclic amines) is 1. The molecular weight excluding hydrogens is 536 g/mol. The molecule has 0 aliphatic carbocycles. The lowest BCUT2D eigenvalue weighted by atomic mass is 9.85.